The lowest BCUT2D eigenvalue weighted by Gasteiger charge is -2.31. The Morgan fingerprint density at radius 1 is 1.21 bits per heavy atom. The molecule has 0 bridgehead atoms. The second-order valence-electron chi connectivity index (χ2n) is 7.56. The minimum absolute atomic E-state index is 0.00160. The molecule has 0 radical (unpaired) electrons. The largest absolute Gasteiger partial charge is 0.466 e. The summed E-state index contributed by atoms with van der Waals surface area (Å²) < 4.78 is 31.1. The molecule has 0 atom stereocenters. The SMILES string of the molecule is CCOC(=O)C1CCN(C(=O)CCCN(c2cccc(C)c2C)S(C)(=O)=O)CC1. The molecule has 1 aliphatic rings. The highest BCUT2D eigenvalue weighted by atomic mass is 32.2. The van der Waals surface area contributed by atoms with Crippen LogP contribution >= 0.6 is 0 Å². The van der Waals surface area contributed by atoms with E-state index in [-0.39, 0.29) is 30.8 Å². The van der Waals surface area contributed by atoms with Gasteiger partial charge in [0.15, 0.2) is 0 Å². The Morgan fingerprint density at radius 2 is 1.86 bits per heavy atom. The van der Waals surface area contributed by atoms with E-state index >= 15 is 0 Å². The third-order valence-electron chi connectivity index (χ3n) is 5.46. The van der Waals surface area contributed by atoms with Crippen molar-refractivity contribution in [1.29, 1.82) is 0 Å². The monoisotopic (exact) mass is 424 g/mol. The number of carbonyl (C=O) groups excluding carboxylic acids is 2. The van der Waals surface area contributed by atoms with Gasteiger partial charge in [0, 0.05) is 26.1 Å². The number of carbonyl (C=O) groups is 2. The van der Waals surface area contributed by atoms with Crippen LogP contribution in [0.5, 0.6) is 0 Å². The van der Waals surface area contributed by atoms with Gasteiger partial charge in [-0.2, -0.15) is 0 Å². The molecule has 1 amide bonds. The Labute approximate surface area is 174 Å². The van der Waals surface area contributed by atoms with Gasteiger partial charge in [-0.15, -0.1) is 0 Å². The number of rotatable bonds is 8. The van der Waals surface area contributed by atoms with Crippen LogP contribution in [0.2, 0.25) is 0 Å². The van der Waals surface area contributed by atoms with Crippen LogP contribution < -0.4 is 4.31 Å². The molecule has 8 heteroatoms. The molecule has 0 N–H and O–H groups in total. The number of sulfonamides is 1. The molecule has 1 aliphatic heterocycles. The van der Waals surface area contributed by atoms with E-state index in [1.807, 2.05) is 26.0 Å². The van der Waals surface area contributed by atoms with Crippen LogP contribution in [0, 0.1) is 19.8 Å². The van der Waals surface area contributed by atoms with E-state index in [2.05, 4.69) is 0 Å². The van der Waals surface area contributed by atoms with E-state index < -0.39 is 10.0 Å². The van der Waals surface area contributed by atoms with Crippen molar-refractivity contribution in [3.8, 4) is 0 Å². The minimum atomic E-state index is -3.45. The number of hydrogen-bond donors (Lipinski definition) is 0. The molecule has 0 aromatic heterocycles. The Hall–Kier alpha value is -2.09. The maximum Gasteiger partial charge on any atom is 0.309 e. The Bertz CT molecular complexity index is 829. The summed E-state index contributed by atoms with van der Waals surface area (Å²) in [6.07, 6.45) is 3.14. The standard InChI is InChI=1S/C21H32N2O5S/c1-5-28-21(25)18-11-14-22(15-12-18)20(24)10-7-13-23(29(4,26)27)19-9-6-8-16(2)17(19)3/h6,8-9,18H,5,7,10-15H2,1-4H3. The van der Waals surface area contributed by atoms with E-state index in [0.717, 1.165) is 11.1 Å². The Morgan fingerprint density at radius 3 is 2.45 bits per heavy atom. The number of benzene rings is 1. The van der Waals surface area contributed by atoms with Crippen molar-refractivity contribution in [3.05, 3.63) is 29.3 Å². The predicted molar refractivity (Wildman–Crippen MR) is 113 cm³/mol. The van der Waals surface area contributed by atoms with Gasteiger partial charge >= 0.3 is 5.97 Å². The maximum absolute atomic E-state index is 12.5. The third kappa shape index (κ3) is 6.19. The highest BCUT2D eigenvalue weighted by molar-refractivity contribution is 7.92. The molecule has 2 rings (SSSR count). The molecule has 0 spiro atoms. The fraction of sp³-hybridized carbons (Fsp3) is 0.619. The maximum atomic E-state index is 12.5. The first kappa shape index (κ1) is 23.2. The smallest absolute Gasteiger partial charge is 0.309 e. The third-order valence-corrected chi connectivity index (χ3v) is 6.64. The first-order chi connectivity index (χ1) is 13.6. The molecular formula is C21H32N2O5S. The van der Waals surface area contributed by atoms with Crippen molar-refractivity contribution in [2.45, 2.75) is 46.5 Å². The number of anilines is 1. The second kappa shape index (κ2) is 10.1. The fourth-order valence-electron chi connectivity index (χ4n) is 3.63. The molecule has 1 aromatic rings. The van der Waals surface area contributed by atoms with Gasteiger partial charge in [-0.05, 0) is 57.2 Å². The number of likely N-dealkylation sites (tertiary alicyclic amines) is 1. The van der Waals surface area contributed by atoms with Gasteiger partial charge < -0.3 is 9.64 Å². The van der Waals surface area contributed by atoms with Crippen LogP contribution in [-0.4, -0.2) is 57.7 Å². The van der Waals surface area contributed by atoms with Crippen molar-refractivity contribution >= 4 is 27.6 Å². The van der Waals surface area contributed by atoms with Gasteiger partial charge in [-0.1, -0.05) is 12.1 Å². The van der Waals surface area contributed by atoms with Crippen LogP contribution in [0.4, 0.5) is 5.69 Å². The first-order valence-corrected chi connectivity index (χ1v) is 12.0. The van der Waals surface area contributed by atoms with Crippen molar-refractivity contribution < 1.29 is 22.7 Å². The summed E-state index contributed by atoms with van der Waals surface area (Å²) in [5.74, 6) is -0.317. The zero-order chi connectivity index (χ0) is 21.6. The van der Waals surface area contributed by atoms with Crippen molar-refractivity contribution in [2.24, 2.45) is 5.92 Å². The lowest BCUT2D eigenvalue weighted by Crippen LogP contribution is -2.41. The summed E-state index contributed by atoms with van der Waals surface area (Å²) in [5.41, 5.74) is 2.61. The van der Waals surface area contributed by atoms with Gasteiger partial charge in [0.2, 0.25) is 15.9 Å². The summed E-state index contributed by atoms with van der Waals surface area (Å²) in [6, 6.07) is 5.59. The van der Waals surface area contributed by atoms with E-state index in [1.165, 1.54) is 10.6 Å². The fourth-order valence-corrected chi connectivity index (χ4v) is 4.64. The van der Waals surface area contributed by atoms with E-state index in [4.69, 9.17) is 4.74 Å². The molecule has 1 saturated heterocycles. The molecule has 29 heavy (non-hydrogen) atoms. The number of ether oxygens (including phenoxy) is 1. The molecule has 0 unspecified atom stereocenters. The number of esters is 1. The topological polar surface area (TPSA) is 84.0 Å². The van der Waals surface area contributed by atoms with Crippen LogP contribution in [0.3, 0.4) is 0 Å². The van der Waals surface area contributed by atoms with Crippen LogP contribution in [-0.2, 0) is 24.3 Å². The lowest BCUT2D eigenvalue weighted by molar-refractivity contribution is -0.151. The molecule has 0 aliphatic carbocycles. The van der Waals surface area contributed by atoms with Gasteiger partial charge in [-0.25, -0.2) is 8.42 Å². The lowest BCUT2D eigenvalue weighted by atomic mass is 9.97. The predicted octanol–water partition coefficient (Wildman–Crippen LogP) is 2.65. The second-order valence-corrected chi connectivity index (χ2v) is 9.47. The zero-order valence-electron chi connectivity index (χ0n) is 17.8. The molecule has 0 saturated carbocycles. The molecule has 1 heterocycles. The first-order valence-electron chi connectivity index (χ1n) is 10.1. The van der Waals surface area contributed by atoms with Crippen molar-refractivity contribution in [3.63, 3.8) is 0 Å². The normalized spacial score (nSPS) is 15.2. The number of amides is 1. The molecular weight excluding hydrogens is 392 g/mol. The Kier molecular flexibility index (Phi) is 8.07. The van der Waals surface area contributed by atoms with E-state index in [0.29, 0.717) is 44.6 Å². The average Bonchev–Trinajstić information content (AvgIpc) is 2.67. The van der Waals surface area contributed by atoms with E-state index in [1.54, 1.807) is 17.9 Å². The summed E-state index contributed by atoms with van der Waals surface area (Å²) in [5, 5.41) is 0. The van der Waals surface area contributed by atoms with Crippen molar-refractivity contribution in [2.75, 3.05) is 36.8 Å². The number of piperidine rings is 1. The quantitative estimate of drug-likeness (QED) is 0.599. The average molecular weight is 425 g/mol. The molecule has 162 valence electrons. The van der Waals surface area contributed by atoms with Crippen LogP contribution in [0.15, 0.2) is 18.2 Å². The Balaban J connectivity index is 1.91. The summed E-state index contributed by atoms with van der Waals surface area (Å²) in [4.78, 5) is 26.1. The van der Waals surface area contributed by atoms with E-state index in [9.17, 15) is 18.0 Å². The zero-order valence-corrected chi connectivity index (χ0v) is 18.6. The van der Waals surface area contributed by atoms with Crippen molar-refractivity contribution in [1.82, 2.24) is 4.90 Å². The summed E-state index contributed by atoms with van der Waals surface area (Å²) in [7, 11) is -3.45. The highest BCUT2D eigenvalue weighted by Gasteiger charge is 2.28. The van der Waals surface area contributed by atoms with Crippen LogP contribution in [0.25, 0.3) is 0 Å². The highest BCUT2D eigenvalue weighted by Crippen LogP contribution is 2.25. The summed E-state index contributed by atoms with van der Waals surface area (Å²) in [6.45, 7) is 7.34. The van der Waals surface area contributed by atoms with Gasteiger partial charge in [0.05, 0.1) is 24.5 Å². The van der Waals surface area contributed by atoms with Gasteiger partial charge in [0.25, 0.3) is 0 Å². The van der Waals surface area contributed by atoms with Gasteiger partial charge in [0.1, 0.15) is 0 Å². The van der Waals surface area contributed by atoms with Gasteiger partial charge in [-0.3, -0.25) is 13.9 Å². The van der Waals surface area contributed by atoms with Crippen LogP contribution in [0.1, 0.15) is 43.7 Å². The summed E-state index contributed by atoms with van der Waals surface area (Å²) >= 11 is 0. The number of aryl methyl sites for hydroxylation is 1. The molecule has 1 aromatic carbocycles. The molecule has 7 nitrogen and oxygen atoms in total. The molecule has 1 fully saturated rings. The number of hydrogen-bond acceptors (Lipinski definition) is 5. The minimum Gasteiger partial charge on any atom is -0.466 e. The number of nitrogens with zero attached hydrogens (tertiary/aromatic N) is 2.